The van der Waals surface area contributed by atoms with Gasteiger partial charge in [-0.05, 0) is 37.8 Å². The van der Waals surface area contributed by atoms with Crippen LogP contribution in [0.25, 0.3) is 0 Å². The van der Waals surface area contributed by atoms with Gasteiger partial charge in [-0.1, -0.05) is 43.2 Å². The first-order chi connectivity index (χ1) is 9.38. The lowest BCUT2D eigenvalue weighted by Crippen LogP contribution is -2.41. The zero-order chi connectivity index (χ0) is 13.1. The van der Waals surface area contributed by atoms with Crippen LogP contribution in [0.2, 0.25) is 0 Å². The lowest BCUT2D eigenvalue weighted by Gasteiger charge is -2.38. The molecule has 0 bridgehead atoms. The molecule has 3 atom stereocenters. The predicted molar refractivity (Wildman–Crippen MR) is 80.5 cm³/mol. The summed E-state index contributed by atoms with van der Waals surface area (Å²) in [7, 11) is 2.10. The molecule has 1 N–H and O–H groups in total. The van der Waals surface area contributed by atoms with Crippen molar-refractivity contribution in [2.45, 2.75) is 50.1 Å². The van der Waals surface area contributed by atoms with Crippen LogP contribution >= 0.6 is 0 Å². The molecule has 0 radical (unpaired) electrons. The SMILES string of the molecule is CNC1CCN(C2CCCCC2c2ccccc2)C1. The van der Waals surface area contributed by atoms with E-state index in [1.807, 2.05) is 0 Å². The van der Waals surface area contributed by atoms with Crippen molar-refractivity contribution in [3.05, 3.63) is 35.9 Å². The summed E-state index contributed by atoms with van der Waals surface area (Å²) < 4.78 is 0. The largest absolute Gasteiger partial charge is 0.316 e. The molecule has 2 aliphatic rings. The van der Waals surface area contributed by atoms with Gasteiger partial charge in [-0.2, -0.15) is 0 Å². The van der Waals surface area contributed by atoms with Gasteiger partial charge in [0, 0.05) is 25.2 Å². The smallest absolute Gasteiger partial charge is 0.0204 e. The van der Waals surface area contributed by atoms with Gasteiger partial charge in [0.1, 0.15) is 0 Å². The summed E-state index contributed by atoms with van der Waals surface area (Å²) in [5, 5.41) is 3.45. The Kier molecular flexibility index (Phi) is 4.19. The number of hydrogen-bond acceptors (Lipinski definition) is 2. The molecule has 2 nitrogen and oxygen atoms in total. The van der Waals surface area contributed by atoms with Crippen molar-refractivity contribution in [3.63, 3.8) is 0 Å². The molecule has 1 aliphatic heterocycles. The normalized spacial score (nSPS) is 32.6. The minimum absolute atomic E-state index is 0.707. The highest BCUT2D eigenvalue weighted by molar-refractivity contribution is 5.22. The predicted octanol–water partition coefficient (Wildman–Crippen LogP) is 3.01. The highest BCUT2D eigenvalue weighted by Crippen LogP contribution is 2.37. The summed E-state index contributed by atoms with van der Waals surface area (Å²) in [6.07, 6.45) is 6.88. The molecular formula is C17H26N2. The van der Waals surface area contributed by atoms with Crippen LogP contribution in [0, 0.1) is 0 Å². The van der Waals surface area contributed by atoms with Gasteiger partial charge < -0.3 is 5.32 Å². The van der Waals surface area contributed by atoms with Crippen molar-refractivity contribution in [1.29, 1.82) is 0 Å². The van der Waals surface area contributed by atoms with Crippen LogP contribution in [0.15, 0.2) is 30.3 Å². The van der Waals surface area contributed by atoms with Crippen molar-refractivity contribution >= 4 is 0 Å². The first-order valence-corrected chi connectivity index (χ1v) is 7.85. The van der Waals surface area contributed by atoms with E-state index in [1.165, 1.54) is 45.2 Å². The quantitative estimate of drug-likeness (QED) is 0.896. The molecular weight excluding hydrogens is 232 g/mol. The summed E-state index contributed by atoms with van der Waals surface area (Å²) in [5.74, 6) is 0.755. The van der Waals surface area contributed by atoms with Crippen LogP contribution in [0.3, 0.4) is 0 Å². The minimum atomic E-state index is 0.707. The average molecular weight is 258 g/mol. The van der Waals surface area contributed by atoms with Crippen molar-refractivity contribution in [3.8, 4) is 0 Å². The molecule has 0 spiro atoms. The molecule has 1 saturated heterocycles. The van der Waals surface area contributed by atoms with E-state index in [0.717, 1.165) is 12.0 Å². The first kappa shape index (κ1) is 13.1. The Hall–Kier alpha value is -0.860. The van der Waals surface area contributed by atoms with Gasteiger partial charge in [-0.15, -0.1) is 0 Å². The van der Waals surface area contributed by atoms with Gasteiger partial charge in [-0.25, -0.2) is 0 Å². The number of nitrogens with zero attached hydrogens (tertiary/aromatic N) is 1. The molecule has 3 rings (SSSR count). The second-order valence-corrected chi connectivity index (χ2v) is 6.14. The molecule has 0 aromatic heterocycles. The van der Waals surface area contributed by atoms with E-state index < -0.39 is 0 Å². The summed E-state index contributed by atoms with van der Waals surface area (Å²) in [6.45, 7) is 2.52. The molecule has 1 aromatic carbocycles. The number of benzene rings is 1. The van der Waals surface area contributed by atoms with Crippen LogP contribution in [-0.2, 0) is 0 Å². The van der Waals surface area contributed by atoms with Crippen molar-refractivity contribution in [1.82, 2.24) is 10.2 Å². The highest BCUT2D eigenvalue weighted by Gasteiger charge is 2.34. The maximum atomic E-state index is 3.45. The van der Waals surface area contributed by atoms with Crippen molar-refractivity contribution < 1.29 is 0 Å². The number of hydrogen-bond donors (Lipinski definition) is 1. The van der Waals surface area contributed by atoms with Gasteiger partial charge in [0.2, 0.25) is 0 Å². The molecule has 1 saturated carbocycles. The fourth-order valence-electron chi connectivity index (χ4n) is 3.96. The van der Waals surface area contributed by atoms with E-state index in [4.69, 9.17) is 0 Å². The molecule has 104 valence electrons. The number of likely N-dealkylation sites (N-methyl/N-ethyl adjacent to an activating group) is 1. The molecule has 19 heavy (non-hydrogen) atoms. The van der Waals surface area contributed by atoms with Crippen LogP contribution in [0.4, 0.5) is 0 Å². The van der Waals surface area contributed by atoms with E-state index in [2.05, 4.69) is 47.6 Å². The van der Waals surface area contributed by atoms with Gasteiger partial charge in [-0.3, -0.25) is 4.90 Å². The number of rotatable bonds is 3. The fraction of sp³-hybridized carbons (Fsp3) is 0.647. The summed E-state index contributed by atoms with van der Waals surface area (Å²) >= 11 is 0. The van der Waals surface area contributed by atoms with Gasteiger partial charge in [0.25, 0.3) is 0 Å². The van der Waals surface area contributed by atoms with Crippen molar-refractivity contribution in [2.24, 2.45) is 0 Å². The van der Waals surface area contributed by atoms with E-state index in [1.54, 1.807) is 5.56 Å². The maximum absolute atomic E-state index is 3.45. The standard InChI is InChI=1S/C17H26N2/c1-18-15-11-12-19(13-15)17-10-6-5-9-16(17)14-7-3-2-4-8-14/h2-4,7-8,15-18H,5-6,9-13H2,1H3. The fourth-order valence-corrected chi connectivity index (χ4v) is 3.96. The van der Waals surface area contributed by atoms with Crippen LogP contribution in [0.1, 0.15) is 43.6 Å². The lowest BCUT2D eigenvalue weighted by molar-refractivity contribution is 0.163. The maximum Gasteiger partial charge on any atom is 0.0204 e. The third-order valence-corrected chi connectivity index (χ3v) is 5.05. The zero-order valence-corrected chi connectivity index (χ0v) is 12.0. The molecule has 1 heterocycles. The molecule has 1 aliphatic carbocycles. The molecule has 1 aromatic rings. The molecule has 2 fully saturated rings. The molecule has 3 unspecified atom stereocenters. The summed E-state index contributed by atoms with van der Waals surface area (Å²) in [5.41, 5.74) is 1.56. The second-order valence-electron chi connectivity index (χ2n) is 6.14. The Labute approximate surface area is 117 Å². The Bertz CT molecular complexity index is 390. The van der Waals surface area contributed by atoms with Crippen LogP contribution in [0.5, 0.6) is 0 Å². The van der Waals surface area contributed by atoms with Crippen LogP contribution < -0.4 is 5.32 Å². The Morgan fingerprint density at radius 3 is 2.58 bits per heavy atom. The third-order valence-electron chi connectivity index (χ3n) is 5.05. The van der Waals surface area contributed by atoms with Gasteiger partial charge in [0.05, 0.1) is 0 Å². The third kappa shape index (κ3) is 2.85. The number of nitrogens with one attached hydrogen (secondary N) is 1. The lowest BCUT2D eigenvalue weighted by atomic mass is 9.79. The van der Waals surface area contributed by atoms with E-state index in [0.29, 0.717) is 6.04 Å². The number of likely N-dealkylation sites (tertiary alicyclic amines) is 1. The van der Waals surface area contributed by atoms with Crippen molar-refractivity contribution in [2.75, 3.05) is 20.1 Å². The van der Waals surface area contributed by atoms with Crippen LogP contribution in [-0.4, -0.2) is 37.1 Å². The zero-order valence-electron chi connectivity index (χ0n) is 12.0. The second kappa shape index (κ2) is 6.06. The van der Waals surface area contributed by atoms with Gasteiger partial charge in [0.15, 0.2) is 0 Å². The molecule has 0 amide bonds. The minimum Gasteiger partial charge on any atom is -0.316 e. The topological polar surface area (TPSA) is 15.3 Å². The first-order valence-electron chi connectivity index (χ1n) is 7.85. The summed E-state index contributed by atoms with van der Waals surface area (Å²) in [6, 6.07) is 12.7. The Morgan fingerprint density at radius 1 is 1.05 bits per heavy atom. The average Bonchev–Trinajstić information content (AvgIpc) is 2.97. The Morgan fingerprint density at radius 2 is 1.84 bits per heavy atom. The highest BCUT2D eigenvalue weighted by atomic mass is 15.2. The van der Waals surface area contributed by atoms with E-state index >= 15 is 0 Å². The Balaban J connectivity index is 1.74. The molecule has 2 heteroatoms. The summed E-state index contributed by atoms with van der Waals surface area (Å²) in [4.78, 5) is 2.75. The van der Waals surface area contributed by atoms with Gasteiger partial charge >= 0.3 is 0 Å². The monoisotopic (exact) mass is 258 g/mol. The van der Waals surface area contributed by atoms with E-state index in [-0.39, 0.29) is 0 Å². The van der Waals surface area contributed by atoms with E-state index in [9.17, 15) is 0 Å².